The van der Waals surface area contributed by atoms with Crippen LogP contribution in [0, 0.1) is 6.92 Å². The summed E-state index contributed by atoms with van der Waals surface area (Å²) in [4.78, 5) is 5.45. The van der Waals surface area contributed by atoms with Crippen molar-refractivity contribution in [3.63, 3.8) is 0 Å². The quantitative estimate of drug-likeness (QED) is 0.371. The fraction of sp³-hybridized carbons (Fsp3) is 0.316. The SMILES string of the molecule is CCc1nn(C)c(CO/N=C/c2c(C)nn(C)c2Oc2ccc(Br)cc2)c1Cl. The second-order valence-corrected chi connectivity index (χ2v) is 7.47. The van der Waals surface area contributed by atoms with Crippen LogP contribution in [-0.2, 0) is 32.0 Å². The number of ether oxygens (including phenoxy) is 1. The van der Waals surface area contributed by atoms with Gasteiger partial charge in [-0.05, 0) is 37.6 Å². The van der Waals surface area contributed by atoms with E-state index in [4.69, 9.17) is 21.2 Å². The molecule has 3 rings (SSSR count). The summed E-state index contributed by atoms with van der Waals surface area (Å²) >= 11 is 9.74. The fourth-order valence-corrected chi connectivity index (χ4v) is 3.31. The Morgan fingerprint density at radius 1 is 1.18 bits per heavy atom. The van der Waals surface area contributed by atoms with E-state index < -0.39 is 0 Å². The molecule has 0 aliphatic rings. The first-order chi connectivity index (χ1) is 13.4. The summed E-state index contributed by atoms with van der Waals surface area (Å²) < 4.78 is 10.4. The lowest BCUT2D eigenvalue weighted by molar-refractivity contribution is 0.126. The van der Waals surface area contributed by atoms with Crippen LogP contribution in [0.25, 0.3) is 0 Å². The van der Waals surface area contributed by atoms with E-state index in [1.54, 1.807) is 15.6 Å². The molecule has 1 aromatic carbocycles. The molecule has 9 heteroatoms. The van der Waals surface area contributed by atoms with Crippen LogP contribution >= 0.6 is 27.5 Å². The Morgan fingerprint density at radius 3 is 2.54 bits per heavy atom. The van der Waals surface area contributed by atoms with E-state index >= 15 is 0 Å². The summed E-state index contributed by atoms with van der Waals surface area (Å²) in [5.41, 5.74) is 3.16. The van der Waals surface area contributed by atoms with Crippen LogP contribution in [0.2, 0.25) is 5.02 Å². The molecule has 0 atom stereocenters. The average molecular weight is 467 g/mol. The maximum Gasteiger partial charge on any atom is 0.226 e. The molecule has 0 aliphatic carbocycles. The molecule has 0 spiro atoms. The molecule has 28 heavy (non-hydrogen) atoms. The zero-order valence-electron chi connectivity index (χ0n) is 16.1. The van der Waals surface area contributed by atoms with Gasteiger partial charge in [0.05, 0.1) is 33.9 Å². The van der Waals surface area contributed by atoms with Gasteiger partial charge < -0.3 is 9.57 Å². The summed E-state index contributed by atoms with van der Waals surface area (Å²) in [7, 11) is 3.66. The Hall–Kier alpha value is -2.32. The van der Waals surface area contributed by atoms with Gasteiger partial charge in [-0.1, -0.05) is 39.6 Å². The summed E-state index contributed by atoms with van der Waals surface area (Å²) in [6.07, 6.45) is 2.36. The Balaban J connectivity index is 1.73. The standard InChI is InChI=1S/C19H21BrClN5O2/c1-5-16-18(21)17(25(3)24-16)11-27-22-10-15-12(2)23-26(4)19(15)28-14-8-6-13(20)7-9-14/h6-10H,5,11H2,1-4H3/b22-10+. The van der Waals surface area contributed by atoms with Crippen molar-refractivity contribution in [1.82, 2.24) is 19.6 Å². The Kier molecular flexibility index (Phi) is 6.41. The van der Waals surface area contributed by atoms with Gasteiger partial charge in [0.2, 0.25) is 5.88 Å². The second-order valence-electron chi connectivity index (χ2n) is 6.18. The number of rotatable bonds is 7. The molecule has 0 saturated heterocycles. The van der Waals surface area contributed by atoms with Crippen molar-refractivity contribution in [2.45, 2.75) is 26.9 Å². The van der Waals surface area contributed by atoms with Gasteiger partial charge in [-0.15, -0.1) is 0 Å². The van der Waals surface area contributed by atoms with Crippen LogP contribution in [0.3, 0.4) is 0 Å². The van der Waals surface area contributed by atoms with Gasteiger partial charge in [-0.3, -0.25) is 4.68 Å². The lowest BCUT2D eigenvalue weighted by atomic mass is 10.3. The lowest BCUT2D eigenvalue weighted by Gasteiger charge is -2.07. The highest BCUT2D eigenvalue weighted by Crippen LogP contribution is 2.27. The second kappa shape index (κ2) is 8.79. The highest BCUT2D eigenvalue weighted by Gasteiger charge is 2.15. The highest BCUT2D eigenvalue weighted by atomic mass is 79.9. The molecule has 148 valence electrons. The molecular formula is C19H21BrClN5O2. The van der Waals surface area contributed by atoms with E-state index in [-0.39, 0.29) is 6.61 Å². The number of halogens is 2. The monoisotopic (exact) mass is 465 g/mol. The predicted octanol–water partition coefficient (Wildman–Crippen LogP) is 4.78. The summed E-state index contributed by atoms with van der Waals surface area (Å²) in [6.45, 7) is 4.12. The normalized spacial score (nSPS) is 11.4. The minimum Gasteiger partial charge on any atom is -0.439 e. The number of hydrogen-bond acceptors (Lipinski definition) is 5. The third-order valence-electron chi connectivity index (χ3n) is 4.20. The first-order valence-corrected chi connectivity index (χ1v) is 9.90. The molecule has 0 saturated carbocycles. The maximum atomic E-state index is 6.33. The highest BCUT2D eigenvalue weighted by molar-refractivity contribution is 9.10. The average Bonchev–Trinajstić information content (AvgIpc) is 3.09. The molecule has 0 N–H and O–H groups in total. The molecular weight excluding hydrogens is 446 g/mol. The van der Waals surface area contributed by atoms with E-state index in [1.165, 1.54) is 0 Å². The molecule has 0 unspecified atom stereocenters. The van der Waals surface area contributed by atoms with Crippen molar-refractivity contribution in [3.8, 4) is 11.6 Å². The third kappa shape index (κ3) is 4.39. The molecule has 3 aromatic rings. The van der Waals surface area contributed by atoms with Crippen LogP contribution < -0.4 is 4.74 Å². The number of oxime groups is 1. The summed E-state index contributed by atoms with van der Waals surface area (Å²) in [5, 5.41) is 13.5. The first kappa shape index (κ1) is 20.4. The Morgan fingerprint density at radius 2 is 1.89 bits per heavy atom. The third-order valence-corrected chi connectivity index (χ3v) is 5.17. The van der Waals surface area contributed by atoms with E-state index in [0.717, 1.165) is 33.5 Å². The molecule has 0 aliphatic heterocycles. The van der Waals surface area contributed by atoms with Crippen LogP contribution in [0.15, 0.2) is 33.9 Å². The van der Waals surface area contributed by atoms with Gasteiger partial charge in [0, 0.05) is 18.6 Å². The topological polar surface area (TPSA) is 66.5 Å². The number of nitrogens with zero attached hydrogens (tertiary/aromatic N) is 5. The minimum atomic E-state index is 0.223. The van der Waals surface area contributed by atoms with Crippen LogP contribution in [0.4, 0.5) is 0 Å². The summed E-state index contributed by atoms with van der Waals surface area (Å²) in [6, 6.07) is 7.58. The predicted molar refractivity (Wildman–Crippen MR) is 112 cm³/mol. The van der Waals surface area contributed by atoms with Gasteiger partial charge in [0.1, 0.15) is 5.75 Å². The van der Waals surface area contributed by atoms with Gasteiger partial charge in [-0.25, -0.2) is 4.68 Å². The molecule has 0 fully saturated rings. The first-order valence-electron chi connectivity index (χ1n) is 8.73. The largest absolute Gasteiger partial charge is 0.439 e. The molecule has 2 aromatic heterocycles. The van der Waals surface area contributed by atoms with Crippen molar-refractivity contribution < 1.29 is 9.57 Å². The van der Waals surface area contributed by atoms with Crippen molar-refractivity contribution >= 4 is 33.7 Å². The lowest BCUT2D eigenvalue weighted by Crippen LogP contribution is -2.00. The molecule has 7 nitrogen and oxygen atoms in total. The maximum absolute atomic E-state index is 6.33. The van der Waals surface area contributed by atoms with E-state index in [1.807, 2.05) is 52.2 Å². The van der Waals surface area contributed by atoms with Gasteiger partial charge in [-0.2, -0.15) is 10.2 Å². The molecule has 0 amide bonds. The van der Waals surface area contributed by atoms with Gasteiger partial charge in [0.25, 0.3) is 0 Å². The fourth-order valence-electron chi connectivity index (χ4n) is 2.70. The van der Waals surface area contributed by atoms with Crippen LogP contribution in [-0.4, -0.2) is 25.8 Å². The zero-order valence-corrected chi connectivity index (χ0v) is 18.5. The Labute approximate surface area is 177 Å². The zero-order chi connectivity index (χ0) is 20.3. The molecule has 2 heterocycles. The van der Waals surface area contributed by atoms with Crippen molar-refractivity contribution in [2.75, 3.05) is 0 Å². The minimum absolute atomic E-state index is 0.223. The van der Waals surface area contributed by atoms with E-state index in [9.17, 15) is 0 Å². The van der Waals surface area contributed by atoms with E-state index in [0.29, 0.717) is 16.7 Å². The number of aryl methyl sites for hydroxylation is 4. The number of hydrogen-bond donors (Lipinski definition) is 0. The van der Waals surface area contributed by atoms with Gasteiger partial charge >= 0.3 is 0 Å². The van der Waals surface area contributed by atoms with Crippen molar-refractivity contribution in [1.29, 1.82) is 0 Å². The Bertz CT molecular complexity index is 995. The van der Waals surface area contributed by atoms with Crippen LogP contribution in [0.5, 0.6) is 11.6 Å². The number of aromatic nitrogens is 4. The summed E-state index contributed by atoms with van der Waals surface area (Å²) in [5.74, 6) is 1.29. The van der Waals surface area contributed by atoms with Crippen molar-refractivity contribution in [3.05, 3.63) is 56.4 Å². The van der Waals surface area contributed by atoms with E-state index in [2.05, 4.69) is 31.3 Å². The van der Waals surface area contributed by atoms with Gasteiger partial charge in [0.15, 0.2) is 6.61 Å². The van der Waals surface area contributed by atoms with Crippen molar-refractivity contribution in [2.24, 2.45) is 19.3 Å². The molecule has 0 bridgehead atoms. The number of benzene rings is 1. The smallest absolute Gasteiger partial charge is 0.226 e. The molecule has 0 radical (unpaired) electrons. The van der Waals surface area contributed by atoms with Crippen LogP contribution in [0.1, 0.15) is 29.6 Å².